The molecule has 5 aromatic rings. The number of hydrogen-bond acceptors (Lipinski definition) is 8. The van der Waals surface area contributed by atoms with Crippen molar-refractivity contribution < 1.29 is 23.5 Å². The Hall–Kier alpha value is -4.98. The number of nitrogens with one attached hydrogen (secondary N) is 1. The second kappa shape index (κ2) is 13.0. The summed E-state index contributed by atoms with van der Waals surface area (Å²) in [7, 11) is 0. The molecule has 0 bridgehead atoms. The van der Waals surface area contributed by atoms with Crippen molar-refractivity contribution in [3.05, 3.63) is 93.2 Å². The number of fused-ring (bicyclic) bond motifs is 2. The number of benzene rings is 2. The summed E-state index contributed by atoms with van der Waals surface area (Å²) in [6, 6.07) is 12.1. The smallest absolute Gasteiger partial charge is 0.339 e. The predicted octanol–water partition coefficient (Wildman–Crippen LogP) is 5.81. The third-order valence-electron chi connectivity index (χ3n) is 9.92. The Morgan fingerprint density at radius 1 is 1.16 bits per heavy atom. The van der Waals surface area contributed by atoms with Gasteiger partial charge in [-0.25, -0.2) is 18.7 Å². The molecule has 2 unspecified atom stereocenters. The van der Waals surface area contributed by atoms with Crippen molar-refractivity contribution in [1.82, 2.24) is 34.5 Å². The fraction of sp³-hybridized carbons (Fsp3) is 0.361. The number of aryl methyl sites for hydroxylation is 2. The molecule has 12 nitrogen and oxygen atoms in total. The van der Waals surface area contributed by atoms with Crippen LogP contribution in [0.3, 0.4) is 0 Å². The summed E-state index contributed by atoms with van der Waals surface area (Å²) in [6.07, 6.45) is 3.96. The summed E-state index contributed by atoms with van der Waals surface area (Å²) >= 11 is 3.22. The predicted molar refractivity (Wildman–Crippen MR) is 186 cm³/mol. The summed E-state index contributed by atoms with van der Waals surface area (Å²) in [6.45, 7) is 9.55. The van der Waals surface area contributed by atoms with Gasteiger partial charge in [-0.1, -0.05) is 47.1 Å². The van der Waals surface area contributed by atoms with Crippen LogP contribution in [0.5, 0.6) is 0 Å². The van der Waals surface area contributed by atoms with Gasteiger partial charge in [-0.05, 0) is 62.9 Å². The van der Waals surface area contributed by atoms with Crippen molar-refractivity contribution in [2.24, 2.45) is 11.3 Å². The zero-order valence-electron chi connectivity index (χ0n) is 28.1. The molecule has 0 spiro atoms. The van der Waals surface area contributed by atoms with Crippen molar-refractivity contribution >= 4 is 45.0 Å². The maximum absolute atomic E-state index is 14.8. The van der Waals surface area contributed by atoms with Crippen LogP contribution in [0, 0.1) is 31.0 Å². The SMILES string of the molecule is Cc1cc(C)n2ncc(C(=O)Nc3ccc(-c4cn(CC5(C(C)C)CCCN(C(=O)C6Cc7c(F)cc(Br)cc7C(=O)O6)C5)nn4)cc3)c2n1. The van der Waals surface area contributed by atoms with Gasteiger partial charge < -0.3 is 15.0 Å². The molecule has 2 aliphatic heterocycles. The van der Waals surface area contributed by atoms with Crippen molar-refractivity contribution in [3.63, 3.8) is 0 Å². The topological polar surface area (TPSA) is 137 Å². The van der Waals surface area contributed by atoms with Crippen LogP contribution >= 0.6 is 15.9 Å². The third kappa shape index (κ3) is 6.28. The lowest BCUT2D eigenvalue weighted by Gasteiger charge is -2.46. The van der Waals surface area contributed by atoms with Gasteiger partial charge >= 0.3 is 5.97 Å². The first-order valence-corrected chi connectivity index (χ1v) is 17.3. The minimum Gasteiger partial charge on any atom is -0.448 e. The van der Waals surface area contributed by atoms with Crippen molar-refractivity contribution in [2.45, 2.75) is 59.6 Å². The summed E-state index contributed by atoms with van der Waals surface area (Å²) in [5.74, 6) is -1.66. The van der Waals surface area contributed by atoms with Crippen LogP contribution in [0.4, 0.5) is 10.1 Å². The number of nitrogens with zero attached hydrogens (tertiary/aromatic N) is 7. The number of cyclic esters (lactones) is 1. The summed E-state index contributed by atoms with van der Waals surface area (Å²) in [5, 5.41) is 16.1. The van der Waals surface area contributed by atoms with Crippen molar-refractivity contribution in [3.8, 4) is 11.3 Å². The van der Waals surface area contributed by atoms with E-state index in [4.69, 9.17) is 4.74 Å². The minimum absolute atomic E-state index is 0.00356. The van der Waals surface area contributed by atoms with Gasteiger partial charge in [0, 0.05) is 57.6 Å². The normalized spacial score (nSPS) is 19.1. The van der Waals surface area contributed by atoms with Crippen molar-refractivity contribution in [2.75, 3.05) is 18.4 Å². The van der Waals surface area contributed by atoms with Crippen LogP contribution in [0.25, 0.3) is 16.9 Å². The monoisotopic (exact) mass is 742 g/mol. The minimum atomic E-state index is -1.08. The van der Waals surface area contributed by atoms with Gasteiger partial charge in [0.15, 0.2) is 11.8 Å². The number of piperidine rings is 1. The lowest BCUT2D eigenvalue weighted by atomic mass is 9.71. The largest absolute Gasteiger partial charge is 0.448 e. The molecule has 0 aliphatic carbocycles. The average Bonchev–Trinajstić information content (AvgIpc) is 3.73. The van der Waals surface area contributed by atoms with E-state index in [0.717, 1.165) is 29.8 Å². The van der Waals surface area contributed by atoms with Gasteiger partial charge in [-0.15, -0.1) is 5.10 Å². The number of ether oxygens (including phenoxy) is 1. The number of carbonyl (C=O) groups excluding carboxylic acids is 3. The number of hydrogen-bond donors (Lipinski definition) is 1. The van der Waals surface area contributed by atoms with Crippen molar-refractivity contribution in [1.29, 1.82) is 0 Å². The Morgan fingerprint density at radius 2 is 1.94 bits per heavy atom. The lowest BCUT2D eigenvalue weighted by Crippen LogP contribution is -2.54. The number of rotatable bonds is 7. The number of esters is 1. The fourth-order valence-corrected chi connectivity index (χ4v) is 7.50. The highest BCUT2D eigenvalue weighted by Crippen LogP contribution is 2.40. The second-order valence-electron chi connectivity index (χ2n) is 13.6. The molecule has 2 amide bonds. The first-order valence-electron chi connectivity index (χ1n) is 16.5. The van der Waals surface area contributed by atoms with E-state index in [1.165, 1.54) is 18.3 Å². The maximum atomic E-state index is 14.8. The number of anilines is 1. The van der Waals surface area contributed by atoms with Crippen LogP contribution in [0.15, 0.2) is 59.3 Å². The Kier molecular flexibility index (Phi) is 8.75. The zero-order valence-corrected chi connectivity index (χ0v) is 29.7. The van der Waals surface area contributed by atoms with Crippen LogP contribution in [-0.4, -0.2) is 71.5 Å². The molecule has 1 saturated heterocycles. The standard InChI is InChI=1S/C36H36BrFN8O4/c1-20(2)36(10-5-11-44(18-36)34(48)31-15-26-27(35(49)50-31)13-24(37)14-29(26)38)19-45-17-30(42-43-45)23-6-8-25(9-7-23)41-33(47)28-16-39-46-22(4)12-21(3)40-32(28)46/h6-9,12-14,16-17,20,31H,5,10-11,15,18-19H2,1-4H3,(H,41,47). The maximum Gasteiger partial charge on any atom is 0.339 e. The number of aromatic nitrogens is 6. The van der Waals surface area contributed by atoms with E-state index in [1.54, 1.807) is 9.42 Å². The lowest BCUT2D eigenvalue weighted by molar-refractivity contribution is -0.146. The van der Waals surface area contributed by atoms with E-state index < -0.39 is 17.9 Å². The molecule has 50 heavy (non-hydrogen) atoms. The molecule has 7 rings (SSSR count). The molecule has 14 heteroatoms. The van der Waals surface area contributed by atoms with Crippen LogP contribution < -0.4 is 5.32 Å². The first kappa shape index (κ1) is 33.5. The Bertz CT molecular complexity index is 2150. The quantitative estimate of drug-likeness (QED) is 0.207. The average molecular weight is 744 g/mol. The van der Waals surface area contributed by atoms with E-state index in [2.05, 4.69) is 55.5 Å². The molecular weight excluding hydrogens is 707 g/mol. The summed E-state index contributed by atoms with van der Waals surface area (Å²) < 4.78 is 24.2. The molecule has 2 aliphatic rings. The van der Waals surface area contributed by atoms with Crippen LogP contribution in [0.1, 0.15) is 64.4 Å². The van der Waals surface area contributed by atoms with Gasteiger partial charge in [0.2, 0.25) is 0 Å². The second-order valence-corrected chi connectivity index (χ2v) is 14.5. The van der Waals surface area contributed by atoms with Gasteiger partial charge in [0.05, 0.1) is 24.5 Å². The molecular formula is C36H36BrFN8O4. The molecule has 3 aromatic heterocycles. The molecule has 1 fully saturated rings. The Labute approximate surface area is 296 Å². The van der Waals surface area contributed by atoms with E-state index in [-0.39, 0.29) is 40.7 Å². The molecule has 258 valence electrons. The summed E-state index contributed by atoms with van der Waals surface area (Å²) in [4.78, 5) is 45.8. The van der Waals surface area contributed by atoms with E-state index in [1.807, 2.05) is 55.1 Å². The molecule has 2 aromatic carbocycles. The molecule has 5 heterocycles. The van der Waals surface area contributed by atoms with E-state index in [9.17, 15) is 18.8 Å². The van der Waals surface area contributed by atoms with E-state index in [0.29, 0.717) is 46.7 Å². The summed E-state index contributed by atoms with van der Waals surface area (Å²) in [5.41, 5.74) is 4.73. The molecule has 1 N–H and O–H groups in total. The highest BCUT2D eigenvalue weighted by molar-refractivity contribution is 9.10. The highest BCUT2D eigenvalue weighted by Gasteiger charge is 2.43. The Morgan fingerprint density at radius 3 is 2.70 bits per heavy atom. The number of likely N-dealkylation sites (tertiary alicyclic amines) is 1. The Balaban J connectivity index is 1.03. The van der Waals surface area contributed by atoms with Crippen LogP contribution in [0.2, 0.25) is 0 Å². The third-order valence-corrected chi connectivity index (χ3v) is 10.4. The fourth-order valence-electron chi connectivity index (χ4n) is 7.07. The first-order chi connectivity index (χ1) is 23.9. The van der Waals surface area contributed by atoms with Gasteiger partial charge in [-0.2, -0.15) is 5.10 Å². The number of amides is 2. The number of carbonyl (C=O) groups is 3. The molecule has 0 radical (unpaired) electrons. The van der Waals surface area contributed by atoms with E-state index >= 15 is 0 Å². The van der Waals surface area contributed by atoms with Gasteiger partial charge in [0.25, 0.3) is 11.8 Å². The zero-order chi connectivity index (χ0) is 35.3. The molecule has 2 atom stereocenters. The highest BCUT2D eigenvalue weighted by atomic mass is 79.9. The van der Waals surface area contributed by atoms with Gasteiger partial charge in [-0.3, -0.25) is 14.3 Å². The molecule has 0 saturated carbocycles. The number of halogens is 2. The van der Waals surface area contributed by atoms with Gasteiger partial charge in [0.1, 0.15) is 17.1 Å². The van der Waals surface area contributed by atoms with Crippen LogP contribution in [-0.2, 0) is 22.5 Å².